The summed E-state index contributed by atoms with van der Waals surface area (Å²) in [5, 5.41) is 7.70. The van der Waals surface area contributed by atoms with Gasteiger partial charge in [0.1, 0.15) is 10.6 Å². The third-order valence-electron chi connectivity index (χ3n) is 5.36. The summed E-state index contributed by atoms with van der Waals surface area (Å²) >= 11 is 1.48. The molecular weight excluding hydrogens is 356 g/mol. The van der Waals surface area contributed by atoms with E-state index in [2.05, 4.69) is 38.3 Å². The number of thiophene rings is 1. The van der Waals surface area contributed by atoms with Crippen LogP contribution in [0.5, 0.6) is 5.75 Å². The van der Waals surface area contributed by atoms with Gasteiger partial charge in [0, 0.05) is 29.2 Å². The monoisotopic (exact) mass is 388 g/mol. The van der Waals surface area contributed by atoms with E-state index < -0.39 is 0 Å². The zero-order valence-corrected chi connectivity index (χ0v) is 18.0. The molecule has 4 nitrogen and oxygen atoms in total. The molecule has 148 valence electrons. The minimum Gasteiger partial charge on any atom is -0.494 e. The molecule has 2 N–H and O–H groups in total. The first-order chi connectivity index (χ1) is 12.7. The fourth-order valence-corrected chi connectivity index (χ4v) is 5.99. The standard InChI is InChI=1S/C22H32N2O2S/c1-21(2)12-15(13-22(3,4)14-21)23-10-11-24-20(25)19-18(26-5)16-8-6-7-9-17(16)27-19/h6-9,15,23H,10-14H2,1-5H3,(H,24,25). The molecule has 1 aromatic heterocycles. The first-order valence-electron chi connectivity index (χ1n) is 9.78. The zero-order chi connectivity index (χ0) is 19.7. The quantitative estimate of drug-likeness (QED) is 0.697. The number of methoxy groups -OCH3 is 1. The molecule has 1 fully saturated rings. The Morgan fingerprint density at radius 1 is 1.15 bits per heavy atom. The van der Waals surface area contributed by atoms with Gasteiger partial charge in [-0.2, -0.15) is 0 Å². The molecular formula is C22H32N2O2S. The van der Waals surface area contributed by atoms with E-state index in [0.29, 0.717) is 34.0 Å². The van der Waals surface area contributed by atoms with Crippen LogP contribution in [0.15, 0.2) is 24.3 Å². The molecule has 1 aliphatic rings. The number of hydrogen-bond donors (Lipinski definition) is 2. The summed E-state index contributed by atoms with van der Waals surface area (Å²) in [6, 6.07) is 8.48. The fraction of sp³-hybridized carbons (Fsp3) is 0.591. The van der Waals surface area contributed by atoms with Gasteiger partial charge in [0.2, 0.25) is 0 Å². The molecule has 1 heterocycles. The Balaban J connectivity index is 1.55. The number of carbonyl (C=O) groups is 1. The maximum Gasteiger partial charge on any atom is 0.265 e. The summed E-state index contributed by atoms with van der Waals surface area (Å²) in [7, 11) is 1.62. The number of hydrogen-bond acceptors (Lipinski definition) is 4. The highest BCUT2D eigenvalue weighted by molar-refractivity contribution is 7.21. The van der Waals surface area contributed by atoms with Crippen LogP contribution in [0, 0.1) is 10.8 Å². The molecule has 0 spiro atoms. The van der Waals surface area contributed by atoms with Crippen LogP contribution in [0.2, 0.25) is 0 Å². The summed E-state index contributed by atoms with van der Waals surface area (Å²) < 4.78 is 6.57. The Morgan fingerprint density at radius 3 is 2.48 bits per heavy atom. The molecule has 0 bridgehead atoms. The maximum atomic E-state index is 12.6. The molecule has 0 unspecified atom stereocenters. The Bertz CT molecular complexity index is 794. The van der Waals surface area contributed by atoms with Crippen molar-refractivity contribution < 1.29 is 9.53 Å². The average molecular weight is 389 g/mol. The lowest BCUT2D eigenvalue weighted by atomic mass is 9.63. The van der Waals surface area contributed by atoms with E-state index >= 15 is 0 Å². The van der Waals surface area contributed by atoms with Gasteiger partial charge in [-0.05, 0) is 42.2 Å². The van der Waals surface area contributed by atoms with Crippen molar-refractivity contribution in [2.24, 2.45) is 10.8 Å². The fourth-order valence-electron chi connectivity index (χ4n) is 4.90. The molecule has 1 saturated carbocycles. The van der Waals surface area contributed by atoms with Gasteiger partial charge in [0.25, 0.3) is 5.91 Å². The lowest BCUT2D eigenvalue weighted by Crippen LogP contribution is -2.45. The van der Waals surface area contributed by atoms with E-state index in [1.807, 2.05) is 24.3 Å². The van der Waals surface area contributed by atoms with Crippen molar-refractivity contribution in [3.05, 3.63) is 29.1 Å². The number of ether oxygens (including phenoxy) is 1. The molecule has 27 heavy (non-hydrogen) atoms. The van der Waals surface area contributed by atoms with Gasteiger partial charge in [-0.1, -0.05) is 39.8 Å². The van der Waals surface area contributed by atoms with Crippen LogP contribution >= 0.6 is 11.3 Å². The number of fused-ring (bicyclic) bond motifs is 1. The molecule has 0 aliphatic heterocycles. The minimum atomic E-state index is -0.0563. The molecule has 2 aromatic rings. The van der Waals surface area contributed by atoms with Crippen molar-refractivity contribution in [3.8, 4) is 5.75 Å². The van der Waals surface area contributed by atoms with Gasteiger partial charge in [0.05, 0.1) is 7.11 Å². The van der Waals surface area contributed by atoms with E-state index in [4.69, 9.17) is 4.74 Å². The molecule has 0 atom stereocenters. The maximum absolute atomic E-state index is 12.6. The SMILES string of the molecule is COc1c(C(=O)NCCNC2CC(C)(C)CC(C)(C)C2)sc2ccccc12. The summed E-state index contributed by atoms with van der Waals surface area (Å²) in [5.41, 5.74) is 0.736. The van der Waals surface area contributed by atoms with Crippen LogP contribution in [-0.4, -0.2) is 32.1 Å². The normalized spacial score (nSPS) is 19.1. The Hall–Kier alpha value is -1.59. The predicted molar refractivity (Wildman–Crippen MR) is 114 cm³/mol. The van der Waals surface area contributed by atoms with Crippen molar-refractivity contribution in [1.29, 1.82) is 0 Å². The number of amides is 1. The second-order valence-corrected chi connectivity index (χ2v) is 10.3. The predicted octanol–water partition coefficient (Wildman–Crippen LogP) is 4.83. The first-order valence-corrected chi connectivity index (χ1v) is 10.6. The molecule has 1 aromatic carbocycles. The average Bonchev–Trinajstić information content (AvgIpc) is 2.94. The number of rotatable bonds is 6. The van der Waals surface area contributed by atoms with Gasteiger partial charge in [-0.3, -0.25) is 4.79 Å². The minimum absolute atomic E-state index is 0.0563. The second-order valence-electron chi connectivity index (χ2n) is 9.28. The Labute approximate surface area is 166 Å². The largest absolute Gasteiger partial charge is 0.494 e. The van der Waals surface area contributed by atoms with Crippen LogP contribution in [0.1, 0.15) is 56.6 Å². The van der Waals surface area contributed by atoms with Gasteiger partial charge < -0.3 is 15.4 Å². The van der Waals surface area contributed by atoms with Crippen molar-refractivity contribution in [2.75, 3.05) is 20.2 Å². The van der Waals surface area contributed by atoms with Crippen LogP contribution in [0.25, 0.3) is 10.1 Å². The van der Waals surface area contributed by atoms with Crippen LogP contribution < -0.4 is 15.4 Å². The summed E-state index contributed by atoms with van der Waals surface area (Å²) in [6.07, 6.45) is 3.64. The van der Waals surface area contributed by atoms with Crippen LogP contribution in [0.3, 0.4) is 0 Å². The van der Waals surface area contributed by atoms with Crippen molar-refractivity contribution in [1.82, 2.24) is 10.6 Å². The third kappa shape index (κ3) is 4.82. The van der Waals surface area contributed by atoms with Gasteiger partial charge in [0.15, 0.2) is 0 Å². The number of nitrogens with one attached hydrogen (secondary N) is 2. The highest BCUT2D eigenvalue weighted by Crippen LogP contribution is 2.45. The van der Waals surface area contributed by atoms with Crippen molar-refractivity contribution in [2.45, 2.75) is 53.0 Å². The van der Waals surface area contributed by atoms with Gasteiger partial charge in [-0.15, -0.1) is 11.3 Å². The van der Waals surface area contributed by atoms with E-state index in [1.165, 1.54) is 30.6 Å². The van der Waals surface area contributed by atoms with Crippen LogP contribution in [-0.2, 0) is 0 Å². The molecule has 0 radical (unpaired) electrons. The van der Waals surface area contributed by atoms with E-state index in [-0.39, 0.29) is 5.91 Å². The molecule has 3 rings (SSSR count). The zero-order valence-electron chi connectivity index (χ0n) is 17.1. The lowest BCUT2D eigenvalue weighted by molar-refractivity contribution is 0.0842. The smallest absolute Gasteiger partial charge is 0.265 e. The topological polar surface area (TPSA) is 50.4 Å². The summed E-state index contributed by atoms with van der Waals surface area (Å²) in [4.78, 5) is 13.3. The third-order valence-corrected chi connectivity index (χ3v) is 6.51. The Morgan fingerprint density at radius 2 is 1.81 bits per heavy atom. The first kappa shape index (κ1) is 20.2. The molecule has 1 aliphatic carbocycles. The summed E-state index contributed by atoms with van der Waals surface area (Å²) in [5.74, 6) is 0.621. The highest BCUT2D eigenvalue weighted by atomic mass is 32.1. The summed E-state index contributed by atoms with van der Waals surface area (Å²) in [6.45, 7) is 10.8. The van der Waals surface area contributed by atoms with E-state index in [9.17, 15) is 4.79 Å². The second kappa shape index (κ2) is 7.80. The van der Waals surface area contributed by atoms with Crippen molar-refractivity contribution in [3.63, 3.8) is 0 Å². The van der Waals surface area contributed by atoms with Crippen molar-refractivity contribution >= 4 is 27.3 Å². The van der Waals surface area contributed by atoms with E-state index in [1.54, 1.807) is 7.11 Å². The highest BCUT2D eigenvalue weighted by Gasteiger charge is 2.38. The van der Waals surface area contributed by atoms with Crippen LogP contribution in [0.4, 0.5) is 0 Å². The molecule has 0 saturated heterocycles. The van der Waals surface area contributed by atoms with Gasteiger partial charge >= 0.3 is 0 Å². The van der Waals surface area contributed by atoms with Gasteiger partial charge in [-0.25, -0.2) is 0 Å². The number of benzene rings is 1. The lowest BCUT2D eigenvalue weighted by Gasteiger charge is -2.45. The Kier molecular flexibility index (Phi) is 5.82. The van der Waals surface area contributed by atoms with E-state index in [0.717, 1.165) is 16.6 Å². The number of carbonyl (C=O) groups excluding carboxylic acids is 1. The molecule has 1 amide bonds. The molecule has 5 heteroatoms.